The second-order valence-corrected chi connectivity index (χ2v) is 5.63. The van der Waals surface area contributed by atoms with Gasteiger partial charge in [0.1, 0.15) is 5.82 Å². The van der Waals surface area contributed by atoms with E-state index in [4.69, 9.17) is 10.5 Å². The normalized spacial score (nSPS) is 25.6. The van der Waals surface area contributed by atoms with Crippen LogP contribution in [0.2, 0.25) is 0 Å². The maximum absolute atomic E-state index is 5.73. The third kappa shape index (κ3) is 2.29. The van der Waals surface area contributed by atoms with Crippen LogP contribution in [0.15, 0.2) is 12.3 Å². The molecule has 1 heterocycles. The van der Waals surface area contributed by atoms with Crippen LogP contribution in [0, 0.1) is 12.3 Å². The standard InChI is InChI=1S/C14H23N3O/c1-5-18-12-7-11(14(12,3)4)17-13-9(2)6-10(15)8-16-13/h6,8,11-12H,5,7,15H2,1-4H3,(H,16,17). The fourth-order valence-electron chi connectivity index (χ4n) is 2.53. The van der Waals surface area contributed by atoms with Gasteiger partial charge in [0, 0.05) is 18.1 Å². The first kappa shape index (κ1) is 13.1. The van der Waals surface area contributed by atoms with E-state index in [1.54, 1.807) is 6.20 Å². The average Bonchev–Trinajstić information content (AvgIpc) is 2.30. The van der Waals surface area contributed by atoms with Crippen LogP contribution in [0.3, 0.4) is 0 Å². The molecular weight excluding hydrogens is 226 g/mol. The number of aryl methyl sites for hydroxylation is 1. The van der Waals surface area contributed by atoms with E-state index < -0.39 is 0 Å². The molecule has 2 atom stereocenters. The number of ether oxygens (including phenoxy) is 1. The number of nitrogens with two attached hydrogens (primary N) is 1. The topological polar surface area (TPSA) is 60.2 Å². The monoisotopic (exact) mass is 249 g/mol. The summed E-state index contributed by atoms with van der Waals surface area (Å²) < 4.78 is 5.73. The number of hydrogen-bond acceptors (Lipinski definition) is 4. The van der Waals surface area contributed by atoms with E-state index >= 15 is 0 Å². The van der Waals surface area contributed by atoms with Gasteiger partial charge in [-0.3, -0.25) is 0 Å². The van der Waals surface area contributed by atoms with Crippen molar-refractivity contribution in [1.82, 2.24) is 4.98 Å². The zero-order valence-corrected chi connectivity index (χ0v) is 11.7. The number of nitrogens with zero attached hydrogens (tertiary/aromatic N) is 1. The molecule has 1 aliphatic rings. The van der Waals surface area contributed by atoms with Gasteiger partial charge in [-0.05, 0) is 31.9 Å². The van der Waals surface area contributed by atoms with Crippen molar-refractivity contribution >= 4 is 11.5 Å². The Labute approximate surface area is 109 Å². The summed E-state index contributed by atoms with van der Waals surface area (Å²) >= 11 is 0. The van der Waals surface area contributed by atoms with Gasteiger partial charge in [-0.2, -0.15) is 0 Å². The number of hydrogen-bond donors (Lipinski definition) is 2. The van der Waals surface area contributed by atoms with E-state index in [2.05, 4.69) is 24.1 Å². The minimum atomic E-state index is 0.144. The number of aromatic nitrogens is 1. The number of anilines is 2. The van der Waals surface area contributed by atoms with E-state index in [1.165, 1.54) is 0 Å². The van der Waals surface area contributed by atoms with Crippen LogP contribution in [-0.2, 0) is 4.74 Å². The van der Waals surface area contributed by atoms with E-state index in [1.807, 2.05) is 19.9 Å². The zero-order valence-electron chi connectivity index (χ0n) is 11.7. The van der Waals surface area contributed by atoms with Crippen molar-refractivity contribution in [3.05, 3.63) is 17.8 Å². The molecule has 1 aliphatic carbocycles. The molecule has 0 amide bonds. The number of nitrogens with one attached hydrogen (secondary N) is 1. The van der Waals surface area contributed by atoms with Crippen molar-refractivity contribution in [2.75, 3.05) is 17.7 Å². The molecule has 1 aromatic rings. The smallest absolute Gasteiger partial charge is 0.129 e. The lowest BCUT2D eigenvalue weighted by Gasteiger charge is -2.51. The number of nitrogen functional groups attached to an aromatic ring is 1. The molecule has 0 aromatic carbocycles. The van der Waals surface area contributed by atoms with Crippen LogP contribution in [0.5, 0.6) is 0 Å². The first-order valence-electron chi connectivity index (χ1n) is 6.55. The van der Waals surface area contributed by atoms with Crippen LogP contribution < -0.4 is 11.1 Å². The van der Waals surface area contributed by atoms with Gasteiger partial charge in [-0.25, -0.2) is 4.98 Å². The minimum absolute atomic E-state index is 0.144. The summed E-state index contributed by atoms with van der Waals surface area (Å²) in [7, 11) is 0. The first-order valence-corrected chi connectivity index (χ1v) is 6.55. The predicted octanol–water partition coefficient (Wildman–Crippen LogP) is 2.59. The Hall–Kier alpha value is -1.29. The van der Waals surface area contributed by atoms with Gasteiger partial charge in [-0.1, -0.05) is 13.8 Å². The summed E-state index contributed by atoms with van der Waals surface area (Å²) in [5.41, 5.74) is 7.65. The molecule has 0 saturated heterocycles. The molecule has 2 rings (SSSR count). The highest BCUT2D eigenvalue weighted by molar-refractivity contribution is 5.51. The van der Waals surface area contributed by atoms with E-state index in [0.717, 1.165) is 24.4 Å². The fraction of sp³-hybridized carbons (Fsp3) is 0.643. The summed E-state index contributed by atoms with van der Waals surface area (Å²) in [6.45, 7) is 9.32. The molecule has 2 unspecified atom stereocenters. The molecule has 0 radical (unpaired) electrons. The van der Waals surface area contributed by atoms with Gasteiger partial charge < -0.3 is 15.8 Å². The van der Waals surface area contributed by atoms with E-state index in [-0.39, 0.29) is 5.41 Å². The Morgan fingerprint density at radius 2 is 2.28 bits per heavy atom. The SMILES string of the molecule is CCOC1CC(Nc2ncc(N)cc2C)C1(C)C. The van der Waals surface area contributed by atoms with Gasteiger partial charge in [0.2, 0.25) is 0 Å². The molecule has 1 aromatic heterocycles. The molecule has 1 saturated carbocycles. The maximum atomic E-state index is 5.73. The van der Waals surface area contributed by atoms with Crippen molar-refractivity contribution in [3.63, 3.8) is 0 Å². The van der Waals surface area contributed by atoms with Crippen molar-refractivity contribution < 1.29 is 4.74 Å². The van der Waals surface area contributed by atoms with E-state index in [9.17, 15) is 0 Å². The third-order valence-corrected chi connectivity index (χ3v) is 3.96. The van der Waals surface area contributed by atoms with Gasteiger partial charge in [0.25, 0.3) is 0 Å². The third-order valence-electron chi connectivity index (χ3n) is 3.96. The van der Waals surface area contributed by atoms with Crippen LogP contribution in [0.25, 0.3) is 0 Å². The lowest BCUT2D eigenvalue weighted by atomic mass is 9.64. The van der Waals surface area contributed by atoms with Crippen LogP contribution in [-0.4, -0.2) is 23.7 Å². The lowest BCUT2D eigenvalue weighted by Crippen LogP contribution is -2.58. The first-order chi connectivity index (χ1) is 8.45. The van der Waals surface area contributed by atoms with Crippen molar-refractivity contribution in [1.29, 1.82) is 0 Å². The molecule has 1 fully saturated rings. The average molecular weight is 249 g/mol. The number of rotatable bonds is 4. The molecule has 0 bridgehead atoms. The quantitative estimate of drug-likeness (QED) is 0.861. The van der Waals surface area contributed by atoms with Crippen LogP contribution in [0.4, 0.5) is 11.5 Å². The van der Waals surface area contributed by atoms with Crippen LogP contribution in [0.1, 0.15) is 32.8 Å². The molecular formula is C14H23N3O. The molecule has 0 aliphatic heterocycles. The van der Waals surface area contributed by atoms with Gasteiger partial charge in [-0.15, -0.1) is 0 Å². The predicted molar refractivity (Wildman–Crippen MR) is 74.6 cm³/mol. The Balaban J connectivity index is 2.03. The Morgan fingerprint density at radius 1 is 1.56 bits per heavy atom. The highest BCUT2D eigenvalue weighted by atomic mass is 16.5. The largest absolute Gasteiger partial charge is 0.397 e. The van der Waals surface area contributed by atoms with Crippen molar-refractivity contribution in [3.8, 4) is 0 Å². The number of pyridine rings is 1. The highest BCUT2D eigenvalue weighted by Gasteiger charge is 2.49. The Bertz CT molecular complexity index is 431. The maximum Gasteiger partial charge on any atom is 0.129 e. The van der Waals surface area contributed by atoms with Crippen molar-refractivity contribution in [2.45, 2.75) is 46.3 Å². The summed E-state index contributed by atoms with van der Waals surface area (Å²) in [6.07, 6.45) is 3.07. The lowest BCUT2D eigenvalue weighted by molar-refractivity contribution is -0.0976. The Morgan fingerprint density at radius 3 is 2.83 bits per heavy atom. The fourth-order valence-corrected chi connectivity index (χ4v) is 2.53. The molecule has 4 heteroatoms. The molecule has 0 spiro atoms. The summed E-state index contributed by atoms with van der Waals surface area (Å²) in [4.78, 5) is 4.36. The second kappa shape index (κ2) is 4.76. The summed E-state index contributed by atoms with van der Waals surface area (Å²) in [5, 5.41) is 3.51. The van der Waals surface area contributed by atoms with Crippen LogP contribution >= 0.6 is 0 Å². The highest BCUT2D eigenvalue weighted by Crippen LogP contribution is 2.44. The minimum Gasteiger partial charge on any atom is -0.397 e. The molecule has 3 N–H and O–H groups in total. The van der Waals surface area contributed by atoms with Gasteiger partial charge >= 0.3 is 0 Å². The molecule has 100 valence electrons. The van der Waals surface area contributed by atoms with Gasteiger partial charge in [0.05, 0.1) is 18.0 Å². The second-order valence-electron chi connectivity index (χ2n) is 5.63. The summed E-state index contributed by atoms with van der Waals surface area (Å²) in [6, 6.07) is 2.35. The van der Waals surface area contributed by atoms with Crippen molar-refractivity contribution in [2.24, 2.45) is 5.41 Å². The van der Waals surface area contributed by atoms with E-state index in [0.29, 0.717) is 17.8 Å². The molecule has 4 nitrogen and oxygen atoms in total. The Kier molecular flexibility index (Phi) is 3.48. The van der Waals surface area contributed by atoms with Gasteiger partial charge in [0.15, 0.2) is 0 Å². The molecule has 18 heavy (non-hydrogen) atoms. The summed E-state index contributed by atoms with van der Waals surface area (Å²) in [5.74, 6) is 0.928. The zero-order chi connectivity index (χ0) is 13.3.